The van der Waals surface area contributed by atoms with Crippen molar-refractivity contribution >= 4 is 11.7 Å². The number of pyridine rings is 1. The van der Waals surface area contributed by atoms with Gasteiger partial charge in [0.15, 0.2) is 5.82 Å². The summed E-state index contributed by atoms with van der Waals surface area (Å²) in [4.78, 5) is 24.3. The molecule has 1 amide bonds. The van der Waals surface area contributed by atoms with Gasteiger partial charge < -0.3 is 23.6 Å². The van der Waals surface area contributed by atoms with E-state index in [1.807, 2.05) is 11.0 Å². The molecule has 1 fully saturated rings. The fourth-order valence-electron chi connectivity index (χ4n) is 2.70. The van der Waals surface area contributed by atoms with E-state index in [1.165, 1.54) is 4.90 Å². The largest absolute Gasteiger partial charge is 0.378 e. The van der Waals surface area contributed by atoms with E-state index in [1.54, 1.807) is 31.6 Å². The van der Waals surface area contributed by atoms with Gasteiger partial charge in [-0.25, -0.2) is 0 Å². The summed E-state index contributed by atoms with van der Waals surface area (Å²) in [5, 5.41) is 7.90. The Morgan fingerprint density at radius 1 is 1.26 bits per heavy atom. The van der Waals surface area contributed by atoms with Crippen molar-refractivity contribution < 1.29 is 18.6 Å². The third-order valence-electron chi connectivity index (χ3n) is 4.15. The molecule has 0 saturated carbocycles. The Morgan fingerprint density at radius 3 is 2.89 bits per heavy atom. The van der Waals surface area contributed by atoms with Crippen LogP contribution in [0.15, 0.2) is 39.6 Å². The van der Waals surface area contributed by atoms with Crippen molar-refractivity contribution in [2.45, 2.75) is 6.54 Å². The van der Waals surface area contributed by atoms with E-state index in [0.717, 1.165) is 18.7 Å². The van der Waals surface area contributed by atoms with E-state index in [2.05, 4.69) is 20.3 Å². The van der Waals surface area contributed by atoms with Crippen molar-refractivity contribution in [3.63, 3.8) is 0 Å². The maximum atomic E-state index is 12.6. The maximum absolute atomic E-state index is 12.6. The van der Waals surface area contributed by atoms with Crippen LogP contribution in [0.2, 0.25) is 0 Å². The third-order valence-corrected chi connectivity index (χ3v) is 4.15. The molecule has 1 aliphatic rings. The molecule has 4 heterocycles. The lowest BCUT2D eigenvalue weighted by molar-refractivity contribution is 0.0728. The van der Waals surface area contributed by atoms with E-state index in [4.69, 9.17) is 13.8 Å². The molecule has 3 aromatic heterocycles. The Hall–Kier alpha value is -3.27. The molecule has 3 aromatic rings. The van der Waals surface area contributed by atoms with E-state index in [0.29, 0.717) is 30.7 Å². The lowest BCUT2D eigenvalue weighted by Crippen LogP contribution is -2.36. The first kappa shape index (κ1) is 17.2. The summed E-state index contributed by atoms with van der Waals surface area (Å²) in [6, 6.07) is 5.26. The Bertz CT molecular complexity index is 903. The number of hydrogen-bond acceptors (Lipinski definition) is 9. The molecule has 0 spiro atoms. The van der Waals surface area contributed by atoms with Crippen molar-refractivity contribution in [2.24, 2.45) is 0 Å². The molecule has 10 nitrogen and oxygen atoms in total. The first-order chi connectivity index (χ1) is 13.2. The molecular weight excluding hydrogens is 352 g/mol. The van der Waals surface area contributed by atoms with Crippen molar-refractivity contribution in [2.75, 3.05) is 38.3 Å². The summed E-state index contributed by atoms with van der Waals surface area (Å²) in [5.74, 6) is 1.21. The summed E-state index contributed by atoms with van der Waals surface area (Å²) in [7, 11) is 1.63. The van der Waals surface area contributed by atoms with Gasteiger partial charge in [0.25, 0.3) is 5.91 Å². The van der Waals surface area contributed by atoms with Gasteiger partial charge in [-0.15, -0.1) is 0 Å². The molecule has 0 aromatic carbocycles. The minimum atomic E-state index is -0.317. The second-order valence-electron chi connectivity index (χ2n) is 6.06. The summed E-state index contributed by atoms with van der Waals surface area (Å²) in [6.45, 7) is 2.85. The zero-order valence-electron chi connectivity index (χ0n) is 14.7. The predicted octanol–water partition coefficient (Wildman–Crippen LogP) is 1.23. The first-order valence-corrected chi connectivity index (χ1v) is 8.48. The highest BCUT2D eigenvalue weighted by molar-refractivity contribution is 5.91. The Kier molecular flexibility index (Phi) is 4.79. The topological polar surface area (TPSA) is 111 Å². The number of morpholine rings is 1. The second kappa shape index (κ2) is 7.54. The molecule has 1 saturated heterocycles. The molecule has 140 valence electrons. The number of carbonyl (C=O) groups excluding carboxylic acids is 1. The molecule has 10 heteroatoms. The van der Waals surface area contributed by atoms with Crippen molar-refractivity contribution in [3.8, 4) is 11.4 Å². The SMILES string of the molecule is CN(Cc1nc(-c2cccnc2)no1)C(=O)c1cc(N2CCOCC2)no1. The lowest BCUT2D eigenvalue weighted by Gasteiger charge is -2.25. The van der Waals surface area contributed by atoms with Gasteiger partial charge in [0.1, 0.15) is 6.54 Å². The molecule has 0 aliphatic carbocycles. The number of aromatic nitrogens is 4. The number of rotatable bonds is 5. The quantitative estimate of drug-likeness (QED) is 0.654. The second-order valence-corrected chi connectivity index (χ2v) is 6.06. The fraction of sp³-hybridized carbons (Fsp3) is 0.353. The van der Waals surface area contributed by atoms with Crippen molar-refractivity contribution in [1.82, 2.24) is 25.2 Å². The minimum absolute atomic E-state index is 0.152. The van der Waals surface area contributed by atoms with Gasteiger partial charge >= 0.3 is 0 Å². The summed E-state index contributed by atoms with van der Waals surface area (Å²) in [6.07, 6.45) is 3.31. The number of ether oxygens (including phenoxy) is 1. The standard InChI is InChI=1S/C17H18N6O4/c1-22(11-15-19-16(21-27-15)12-3-2-4-18-10-12)17(24)13-9-14(20-26-13)23-5-7-25-8-6-23/h2-4,9-10H,5-8,11H2,1H3. The number of hydrogen-bond donors (Lipinski definition) is 0. The van der Waals surface area contributed by atoms with Crippen LogP contribution in [-0.2, 0) is 11.3 Å². The smallest absolute Gasteiger partial charge is 0.292 e. The maximum Gasteiger partial charge on any atom is 0.292 e. The van der Waals surface area contributed by atoms with Crippen LogP contribution in [0.5, 0.6) is 0 Å². The Labute approximate surface area is 154 Å². The van der Waals surface area contributed by atoms with Crippen LogP contribution in [0.3, 0.4) is 0 Å². The lowest BCUT2D eigenvalue weighted by atomic mass is 10.3. The highest BCUT2D eigenvalue weighted by Gasteiger charge is 2.22. The van der Waals surface area contributed by atoms with Crippen LogP contribution in [0.25, 0.3) is 11.4 Å². The zero-order chi connectivity index (χ0) is 18.6. The molecule has 0 unspecified atom stereocenters. The molecule has 1 aliphatic heterocycles. The van der Waals surface area contributed by atoms with Crippen molar-refractivity contribution in [3.05, 3.63) is 42.2 Å². The average Bonchev–Trinajstić information content (AvgIpc) is 3.39. The third kappa shape index (κ3) is 3.80. The molecule has 4 rings (SSSR count). The van der Waals surface area contributed by atoms with Gasteiger partial charge in [-0.3, -0.25) is 9.78 Å². The van der Waals surface area contributed by atoms with Crippen LogP contribution in [0.1, 0.15) is 16.4 Å². The van der Waals surface area contributed by atoms with Gasteiger partial charge in [0.2, 0.25) is 17.5 Å². The van der Waals surface area contributed by atoms with Crippen LogP contribution >= 0.6 is 0 Å². The minimum Gasteiger partial charge on any atom is -0.378 e. The van der Waals surface area contributed by atoms with Gasteiger partial charge in [-0.2, -0.15) is 4.98 Å². The van der Waals surface area contributed by atoms with Crippen LogP contribution < -0.4 is 4.90 Å². The normalized spacial score (nSPS) is 14.3. The summed E-state index contributed by atoms with van der Waals surface area (Å²) < 4.78 is 15.8. The van der Waals surface area contributed by atoms with Crippen LogP contribution in [-0.4, -0.2) is 64.4 Å². The molecule has 0 bridgehead atoms. The van der Waals surface area contributed by atoms with Crippen molar-refractivity contribution in [1.29, 1.82) is 0 Å². The number of amides is 1. The van der Waals surface area contributed by atoms with E-state index in [9.17, 15) is 4.79 Å². The molecule has 0 atom stereocenters. The molecule has 27 heavy (non-hydrogen) atoms. The number of anilines is 1. The molecule has 0 N–H and O–H groups in total. The monoisotopic (exact) mass is 370 g/mol. The van der Waals surface area contributed by atoms with Gasteiger partial charge in [0, 0.05) is 44.2 Å². The Morgan fingerprint density at radius 2 is 2.11 bits per heavy atom. The van der Waals surface area contributed by atoms with E-state index in [-0.39, 0.29) is 18.2 Å². The molecular formula is C17H18N6O4. The number of nitrogens with zero attached hydrogens (tertiary/aromatic N) is 6. The highest BCUT2D eigenvalue weighted by Crippen LogP contribution is 2.18. The van der Waals surface area contributed by atoms with Crippen LogP contribution in [0, 0.1) is 0 Å². The van der Waals surface area contributed by atoms with E-state index >= 15 is 0 Å². The van der Waals surface area contributed by atoms with E-state index < -0.39 is 0 Å². The Balaban J connectivity index is 1.41. The van der Waals surface area contributed by atoms with Crippen LogP contribution in [0.4, 0.5) is 5.82 Å². The average molecular weight is 370 g/mol. The zero-order valence-corrected chi connectivity index (χ0v) is 14.7. The predicted molar refractivity (Wildman–Crippen MR) is 92.9 cm³/mol. The highest BCUT2D eigenvalue weighted by atomic mass is 16.5. The fourth-order valence-corrected chi connectivity index (χ4v) is 2.70. The molecule has 0 radical (unpaired) electrons. The first-order valence-electron chi connectivity index (χ1n) is 8.48. The van der Waals surface area contributed by atoms with Gasteiger partial charge in [-0.1, -0.05) is 10.3 Å². The summed E-state index contributed by atoms with van der Waals surface area (Å²) >= 11 is 0. The summed E-state index contributed by atoms with van der Waals surface area (Å²) in [5.41, 5.74) is 0.742. The number of carbonyl (C=O) groups is 1. The van der Waals surface area contributed by atoms with Gasteiger partial charge in [-0.05, 0) is 12.1 Å². The van der Waals surface area contributed by atoms with Gasteiger partial charge in [0.05, 0.1) is 13.2 Å².